The molecule has 0 aliphatic carbocycles. The number of likely N-dealkylation sites (tertiary alicyclic amines) is 1. The average molecular weight is 346 g/mol. The molecule has 1 saturated heterocycles. The third kappa shape index (κ3) is 5.03. The van der Waals surface area contributed by atoms with Crippen molar-refractivity contribution in [3.63, 3.8) is 0 Å². The summed E-state index contributed by atoms with van der Waals surface area (Å²) in [5, 5.41) is 0. The Kier molecular flexibility index (Phi) is 6.04. The summed E-state index contributed by atoms with van der Waals surface area (Å²) in [7, 11) is 4.05. The van der Waals surface area contributed by atoms with Crippen molar-refractivity contribution in [2.45, 2.75) is 25.2 Å². The molecule has 1 aliphatic rings. The van der Waals surface area contributed by atoms with Gasteiger partial charge in [0.2, 0.25) is 0 Å². The molecule has 0 unspecified atom stereocenters. The lowest BCUT2D eigenvalue weighted by atomic mass is 10.2. The Morgan fingerprint density at radius 1 is 1.32 bits per heavy atom. The summed E-state index contributed by atoms with van der Waals surface area (Å²) >= 11 is 0. The zero-order valence-corrected chi connectivity index (χ0v) is 15.0. The monoisotopic (exact) mass is 346 g/mol. The van der Waals surface area contributed by atoms with Gasteiger partial charge in [-0.3, -0.25) is 4.90 Å². The molecular weight excluding hydrogens is 319 g/mol. The molecule has 2 atom stereocenters. The van der Waals surface area contributed by atoms with Crippen LogP contribution in [0.1, 0.15) is 12.2 Å². The highest BCUT2D eigenvalue weighted by Crippen LogP contribution is 2.23. The molecule has 25 heavy (non-hydrogen) atoms. The second-order valence-electron chi connectivity index (χ2n) is 6.79. The van der Waals surface area contributed by atoms with Crippen LogP contribution in [-0.2, 0) is 13.6 Å². The van der Waals surface area contributed by atoms with Gasteiger partial charge >= 0.3 is 0 Å². The molecule has 136 valence electrons. The van der Waals surface area contributed by atoms with Gasteiger partial charge in [-0.1, -0.05) is 18.2 Å². The summed E-state index contributed by atoms with van der Waals surface area (Å²) in [6.45, 7) is 3.47. The molecule has 1 fully saturated rings. The van der Waals surface area contributed by atoms with Crippen molar-refractivity contribution in [3.05, 3.63) is 48.5 Å². The first-order valence-corrected chi connectivity index (χ1v) is 8.82. The normalized spacial score (nSPS) is 21.1. The van der Waals surface area contributed by atoms with Crippen molar-refractivity contribution >= 4 is 0 Å². The molecule has 3 rings (SSSR count). The van der Waals surface area contributed by atoms with Crippen LogP contribution in [0.15, 0.2) is 42.7 Å². The molecule has 0 amide bonds. The van der Waals surface area contributed by atoms with Gasteiger partial charge in [0.15, 0.2) is 0 Å². The number of alkyl halides is 1. The number of rotatable bonds is 8. The lowest BCUT2D eigenvalue weighted by Gasteiger charge is -2.28. The van der Waals surface area contributed by atoms with E-state index in [9.17, 15) is 4.39 Å². The predicted molar refractivity (Wildman–Crippen MR) is 96.4 cm³/mol. The average Bonchev–Trinajstić information content (AvgIpc) is 3.14. The molecule has 0 bridgehead atoms. The van der Waals surface area contributed by atoms with E-state index in [0.29, 0.717) is 26.1 Å². The number of benzene rings is 1. The van der Waals surface area contributed by atoms with Crippen LogP contribution in [0.5, 0.6) is 5.75 Å². The SMILES string of the molecule is CN(CCOc1ccccc1)C[C@@H]1C[C@H](F)CN1Cc1nccn1C. The van der Waals surface area contributed by atoms with Crippen molar-refractivity contribution in [2.24, 2.45) is 7.05 Å². The second-order valence-corrected chi connectivity index (χ2v) is 6.79. The van der Waals surface area contributed by atoms with Crippen molar-refractivity contribution in [2.75, 3.05) is 33.3 Å². The number of aryl methyl sites for hydroxylation is 1. The topological polar surface area (TPSA) is 33.5 Å². The minimum atomic E-state index is -0.751. The van der Waals surface area contributed by atoms with E-state index in [4.69, 9.17) is 4.74 Å². The highest BCUT2D eigenvalue weighted by molar-refractivity contribution is 5.20. The van der Waals surface area contributed by atoms with Crippen LogP contribution in [0.2, 0.25) is 0 Å². The van der Waals surface area contributed by atoms with E-state index < -0.39 is 6.17 Å². The molecule has 6 heteroatoms. The van der Waals surface area contributed by atoms with Crippen LogP contribution in [0.3, 0.4) is 0 Å². The first kappa shape index (κ1) is 17.9. The van der Waals surface area contributed by atoms with E-state index in [1.165, 1.54) is 0 Å². The van der Waals surface area contributed by atoms with Gasteiger partial charge in [0, 0.05) is 45.1 Å². The second kappa shape index (κ2) is 8.45. The van der Waals surface area contributed by atoms with Gasteiger partial charge in [0.25, 0.3) is 0 Å². The van der Waals surface area contributed by atoms with E-state index >= 15 is 0 Å². The van der Waals surface area contributed by atoms with Crippen LogP contribution in [-0.4, -0.2) is 64.9 Å². The van der Waals surface area contributed by atoms with E-state index in [1.54, 1.807) is 6.20 Å². The summed E-state index contributed by atoms with van der Waals surface area (Å²) in [5.74, 6) is 1.87. The maximum absolute atomic E-state index is 14.0. The summed E-state index contributed by atoms with van der Waals surface area (Å²) in [5.41, 5.74) is 0. The Balaban J connectivity index is 1.47. The highest BCUT2D eigenvalue weighted by atomic mass is 19.1. The van der Waals surface area contributed by atoms with Crippen LogP contribution in [0, 0.1) is 0 Å². The number of likely N-dealkylation sites (N-methyl/N-ethyl adjacent to an activating group) is 1. The summed E-state index contributed by atoms with van der Waals surface area (Å²) < 4.78 is 21.7. The fraction of sp³-hybridized carbons (Fsp3) is 0.526. The fourth-order valence-electron chi connectivity index (χ4n) is 3.32. The first-order chi connectivity index (χ1) is 12.1. The molecule has 0 saturated carbocycles. The number of nitrogens with zero attached hydrogens (tertiary/aromatic N) is 4. The van der Waals surface area contributed by atoms with E-state index in [2.05, 4.69) is 21.8 Å². The van der Waals surface area contributed by atoms with Gasteiger partial charge in [0.1, 0.15) is 24.4 Å². The summed E-state index contributed by atoms with van der Waals surface area (Å²) in [4.78, 5) is 8.80. The molecule has 0 radical (unpaired) electrons. The van der Waals surface area contributed by atoms with Gasteiger partial charge < -0.3 is 14.2 Å². The number of halogens is 1. The summed E-state index contributed by atoms with van der Waals surface area (Å²) in [6.07, 6.45) is 3.56. The Morgan fingerprint density at radius 3 is 2.84 bits per heavy atom. The van der Waals surface area contributed by atoms with Crippen molar-refractivity contribution in [3.8, 4) is 5.75 Å². The van der Waals surface area contributed by atoms with Crippen LogP contribution in [0.25, 0.3) is 0 Å². The maximum Gasteiger partial charge on any atom is 0.122 e. The van der Waals surface area contributed by atoms with Crippen LogP contribution < -0.4 is 4.74 Å². The van der Waals surface area contributed by atoms with Crippen LogP contribution >= 0.6 is 0 Å². The molecular formula is C19H27FN4O. The molecule has 1 aromatic heterocycles. The Bertz CT molecular complexity index is 648. The van der Waals surface area contributed by atoms with Gasteiger partial charge in [-0.25, -0.2) is 9.37 Å². The van der Waals surface area contributed by atoms with Gasteiger partial charge in [-0.2, -0.15) is 0 Å². The third-order valence-electron chi connectivity index (χ3n) is 4.75. The predicted octanol–water partition coefficient (Wildman–Crippen LogP) is 2.34. The quantitative estimate of drug-likeness (QED) is 0.735. The largest absolute Gasteiger partial charge is 0.492 e. The van der Waals surface area contributed by atoms with Gasteiger partial charge in [0.05, 0.1) is 6.54 Å². The molecule has 2 heterocycles. The zero-order valence-electron chi connectivity index (χ0n) is 15.0. The van der Waals surface area contributed by atoms with E-state index in [0.717, 1.165) is 24.7 Å². The first-order valence-electron chi connectivity index (χ1n) is 8.82. The molecule has 1 aromatic carbocycles. The number of para-hydroxylation sites is 1. The third-order valence-corrected chi connectivity index (χ3v) is 4.75. The minimum Gasteiger partial charge on any atom is -0.492 e. The van der Waals surface area contributed by atoms with E-state index in [1.807, 2.05) is 48.1 Å². The highest BCUT2D eigenvalue weighted by Gasteiger charge is 2.33. The Hall–Kier alpha value is -1.92. The minimum absolute atomic E-state index is 0.216. The Labute approximate surface area is 149 Å². The number of aromatic nitrogens is 2. The van der Waals surface area contributed by atoms with Crippen LogP contribution in [0.4, 0.5) is 4.39 Å². The number of hydrogen-bond acceptors (Lipinski definition) is 4. The zero-order chi connectivity index (χ0) is 17.6. The molecule has 2 aromatic rings. The molecule has 0 N–H and O–H groups in total. The van der Waals surface area contributed by atoms with Crippen molar-refractivity contribution in [1.82, 2.24) is 19.4 Å². The molecule has 5 nitrogen and oxygen atoms in total. The lowest BCUT2D eigenvalue weighted by molar-refractivity contribution is 0.164. The van der Waals surface area contributed by atoms with Crippen molar-refractivity contribution < 1.29 is 9.13 Å². The van der Waals surface area contributed by atoms with Gasteiger partial charge in [-0.15, -0.1) is 0 Å². The number of imidazole rings is 1. The smallest absolute Gasteiger partial charge is 0.122 e. The van der Waals surface area contributed by atoms with Gasteiger partial charge in [-0.05, 0) is 25.6 Å². The van der Waals surface area contributed by atoms with Crippen molar-refractivity contribution in [1.29, 1.82) is 0 Å². The number of hydrogen-bond donors (Lipinski definition) is 0. The lowest BCUT2D eigenvalue weighted by Crippen LogP contribution is -2.40. The fourth-order valence-corrected chi connectivity index (χ4v) is 3.32. The Morgan fingerprint density at radius 2 is 2.12 bits per heavy atom. The number of ether oxygens (including phenoxy) is 1. The molecule has 1 aliphatic heterocycles. The maximum atomic E-state index is 14.0. The molecule has 0 spiro atoms. The standard InChI is InChI=1S/C19H27FN4O/c1-22(10-11-25-18-6-4-3-5-7-18)14-17-12-16(20)13-24(17)15-19-21-8-9-23(19)2/h3-9,16-17H,10-15H2,1-2H3/t16-,17-/m0/s1. The summed E-state index contributed by atoms with van der Waals surface area (Å²) in [6, 6.07) is 10.0. The van der Waals surface area contributed by atoms with E-state index in [-0.39, 0.29) is 6.04 Å².